The molecule has 3 aromatic rings. The second-order valence-corrected chi connectivity index (χ2v) is 9.34. The van der Waals surface area contributed by atoms with Crippen LogP contribution in [0.1, 0.15) is 34.5 Å². The number of carbonyl (C=O) groups is 2. The van der Waals surface area contributed by atoms with Gasteiger partial charge in [-0.25, -0.2) is 13.2 Å². The summed E-state index contributed by atoms with van der Waals surface area (Å²) >= 11 is 0. The van der Waals surface area contributed by atoms with Crippen LogP contribution < -0.4 is 20.7 Å². The Labute approximate surface area is 222 Å². The number of hydrogen-bond acceptors (Lipinski definition) is 5. The van der Waals surface area contributed by atoms with Gasteiger partial charge in [0.1, 0.15) is 5.54 Å². The fourth-order valence-electron chi connectivity index (χ4n) is 4.88. The molecule has 200 valence electrons. The lowest BCUT2D eigenvalue weighted by atomic mass is 9.73. The number of rotatable bonds is 6. The third kappa shape index (κ3) is 4.93. The fourth-order valence-corrected chi connectivity index (χ4v) is 4.88. The predicted octanol–water partition coefficient (Wildman–Crippen LogP) is 4.08. The average molecular weight is 536 g/mol. The van der Waals surface area contributed by atoms with Gasteiger partial charge in [-0.15, -0.1) is 0 Å². The van der Waals surface area contributed by atoms with E-state index in [1.165, 1.54) is 31.6 Å². The van der Waals surface area contributed by atoms with E-state index >= 15 is 0 Å². The zero-order valence-electron chi connectivity index (χ0n) is 20.9. The Morgan fingerprint density at radius 1 is 1.28 bits per heavy atom. The van der Waals surface area contributed by atoms with Crippen molar-refractivity contribution in [3.63, 3.8) is 0 Å². The van der Waals surface area contributed by atoms with E-state index < -0.39 is 36.0 Å². The van der Waals surface area contributed by atoms with Crippen molar-refractivity contribution in [1.82, 2.24) is 20.6 Å². The molecule has 1 aliphatic heterocycles. The Balaban J connectivity index is 1.62. The summed E-state index contributed by atoms with van der Waals surface area (Å²) < 4.78 is 47.3. The number of nitrogens with one attached hydrogen (secondary N) is 4. The maximum absolute atomic E-state index is 14.4. The molecule has 3 heterocycles. The number of benzene rings is 1. The minimum Gasteiger partial charge on any atom is -0.492 e. The number of aromatic amines is 1. The third-order valence-corrected chi connectivity index (χ3v) is 6.59. The molecule has 1 aliphatic carbocycles. The normalized spacial score (nSPS) is 16.5. The van der Waals surface area contributed by atoms with Gasteiger partial charge in [-0.05, 0) is 24.3 Å². The van der Waals surface area contributed by atoms with Crippen molar-refractivity contribution in [2.75, 3.05) is 19.0 Å². The summed E-state index contributed by atoms with van der Waals surface area (Å²) in [5.74, 6) is 1.23. The van der Waals surface area contributed by atoms with Crippen LogP contribution in [0.5, 0.6) is 5.75 Å². The van der Waals surface area contributed by atoms with E-state index in [4.69, 9.17) is 4.74 Å². The van der Waals surface area contributed by atoms with E-state index in [9.17, 15) is 22.8 Å². The van der Waals surface area contributed by atoms with Crippen LogP contribution in [-0.2, 0) is 11.2 Å². The van der Waals surface area contributed by atoms with E-state index in [-0.39, 0.29) is 11.7 Å². The molecule has 2 aliphatic rings. The molecule has 0 radical (unpaired) electrons. The first-order valence-electron chi connectivity index (χ1n) is 12.1. The van der Waals surface area contributed by atoms with E-state index in [0.29, 0.717) is 52.4 Å². The summed E-state index contributed by atoms with van der Waals surface area (Å²) in [5, 5.41) is 8.47. The van der Waals surface area contributed by atoms with Crippen LogP contribution in [-0.4, -0.2) is 46.9 Å². The Morgan fingerprint density at radius 3 is 2.79 bits per heavy atom. The van der Waals surface area contributed by atoms with Crippen molar-refractivity contribution in [2.24, 2.45) is 0 Å². The second-order valence-electron chi connectivity index (χ2n) is 9.34. The number of fused-ring (bicyclic) bond motifs is 1. The number of pyridine rings is 1. The number of amides is 2. The quantitative estimate of drug-likeness (QED) is 0.281. The summed E-state index contributed by atoms with van der Waals surface area (Å²) in [6.45, 7) is 3.81. The molecule has 0 atom stereocenters. The van der Waals surface area contributed by atoms with E-state index in [0.717, 1.165) is 6.08 Å². The number of para-hydroxylation sites is 1. The first-order chi connectivity index (χ1) is 18.6. The molecule has 0 bridgehead atoms. The largest absolute Gasteiger partial charge is 0.492 e. The minimum atomic E-state index is -2.95. The number of methoxy groups -OCH3 is 1. The molecule has 1 aromatic carbocycles. The Morgan fingerprint density at radius 2 is 2.08 bits per heavy atom. The molecule has 1 fully saturated rings. The summed E-state index contributed by atoms with van der Waals surface area (Å²) in [6, 6.07) is 6.04. The van der Waals surface area contributed by atoms with Crippen LogP contribution in [0.3, 0.4) is 0 Å². The summed E-state index contributed by atoms with van der Waals surface area (Å²) in [6.07, 6.45) is 3.25. The Bertz CT molecular complexity index is 1550. The second kappa shape index (κ2) is 9.87. The lowest BCUT2D eigenvalue weighted by Crippen LogP contribution is -2.61. The molecular formula is C28H24F3N5O3. The molecule has 4 N–H and O–H groups in total. The Hall–Kier alpha value is -4.72. The lowest BCUT2D eigenvalue weighted by Gasteiger charge is -2.43. The van der Waals surface area contributed by atoms with Crippen LogP contribution >= 0.6 is 0 Å². The average Bonchev–Trinajstić information content (AvgIpc) is 3.26. The number of alkyl halides is 2. The topological polar surface area (TPSA) is 108 Å². The molecule has 2 amide bonds. The van der Waals surface area contributed by atoms with Crippen LogP contribution in [0.25, 0.3) is 11.3 Å². The first kappa shape index (κ1) is 25.9. The highest BCUT2D eigenvalue weighted by Gasteiger charge is 2.56. The summed E-state index contributed by atoms with van der Waals surface area (Å²) in [7, 11) is 1.34. The minimum absolute atomic E-state index is 0.0322. The predicted molar refractivity (Wildman–Crippen MR) is 138 cm³/mol. The van der Waals surface area contributed by atoms with Crippen molar-refractivity contribution < 1.29 is 27.5 Å². The summed E-state index contributed by atoms with van der Waals surface area (Å²) in [4.78, 5) is 32.3. The van der Waals surface area contributed by atoms with Crippen LogP contribution in [0, 0.1) is 17.7 Å². The van der Waals surface area contributed by atoms with Gasteiger partial charge >= 0.3 is 0 Å². The number of ether oxygens (including phenoxy) is 1. The smallest absolute Gasteiger partial charge is 0.255 e. The van der Waals surface area contributed by atoms with Crippen molar-refractivity contribution in [3.8, 4) is 28.8 Å². The van der Waals surface area contributed by atoms with Crippen LogP contribution in [0.2, 0.25) is 0 Å². The SMILES string of the molecule is C=CC(=O)NC1(C#Cc2cnccc2-c2[nH]c3c(c2Nc2cccc(F)c2OC)C(=O)NCC3)CC(F)(F)C1. The highest BCUT2D eigenvalue weighted by molar-refractivity contribution is 6.06. The van der Waals surface area contributed by atoms with Gasteiger partial charge in [0, 0.05) is 49.5 Å². The zero-order valence-corrected chi connectivity index (χ0v) is 20.9. The molecule has 0 saturated heterocycles. The van der Waals surface area contributed by atoms with Gasteiger partial charge in [0.15, 0.2) is 11.6 Å². The van der Waals surface area contributed by atoms with Gasteiger partial charge in [-0.3, -0.25) is 14.6 Å². The fraction of sp³-hybridized carbons (Fsp3) is 0.250. The highest BCUT2D eigenvalue weighted by atomic mass is 19.3. The molecular weight excluding hydrogens is 511 g/mol. The molecule has 0 spiro atoms. The van der Waals surface area contributed by atoms with Crippen molar-refractivity contribution in [3.05, 3.63) is 72.0 Å². The molecule has 11 heteroatoms. The van der Waals surface area contributed by atoms with Gasteiger partial charge in [0.2, 0.25) is 5.91 Å². The molecule has 5 rings (SSSR count). The van der Waals surface area contributed by atoms with Crippen molar-refractivity contribution in [2.45, 2.75) is 30.7 Å². The van der Waals surface area contributed by atoms with Crippen LogP contribution in [0.4, 0.5) is 24.5 Å². The third-order valence-electron chi connectivity index (χ3n) is 6.59. The van der Waals surface area contributed by atoms with E-state index in [2.05, 4.69) is 44.3 Å². The molecule has 1 saturated carbocycles. The summed E-state index contributed by atoms with van der Waals surface area (Å²) in [5.41, 5.74) is 1.61. The van der Waals surface area contributed by atoms with Gasteiger partial charge < -0.3 is 25.7 Å². The molecule has 8 nitrogen and oxygen atoms in total. The first-order valence-corrected chi connectivity index (χ1v) is 12.1. The van der Waals surface area contributed by atoms with E-state index in [1.54, 1.807) is 12.1 Å². The number of hydrogen-bond donors (Lipinski definition) is 4. The number of aromatic nitrogens is 2. The lowest BCUT2D eigenvalue weighted by molar-refractivity contribution is -0.133. The molecule has 0 unspecified atom stereocenters. The monoisotopic (exact) mass is 535 g/mol. The van der Waals surface area contributed by atoms with Gasteiger partial charge in [-0.1, -0.05) is 24.5 Å². The van der Waals surface area contributed by atoms with E-state index in [1.807, 2.05) is 0 Å². The number of carbonyl (C=O) groups excluding carboxylic acids is 2. The van der Waals surface area contributed by atoms with Crippen molar-refractivity contribution >= 4 is 23.2 Å². The van der Waals surface area contributed by atoms with Crippen molar-refractivity contribution in [1.29, 1.82) is 0 Å². The number of anilines is 2. The van der Waals surface area contributed by atoms with Gasteiger partial charge in [-0.2, -0.15) is 0 Å². The molecule has 39 heavy (non-hydrogen) atoms. The van der Waals surface area contributed by atoms with Crippen LogP contribution in [0.15, 0.2) is 49.3 Å². The number of nitrogens with zero attached hydrogens (tertiary/aromatic N) is 1. The van der Waals surface area contributed by atoms with Gasteiger partial charge in [0.25, 0.3) is 11.8 Å². The zero-order chi connectivity index (χ0) is 27.8. The van der Waals surface area contributed by atoms with Gasteiger partial charge in [0.05, 0.1) is 35.3 Å². The Kier molecular flexibility index (Phi) is 6.56. The molecule has 2 aromatic heterocycles. The maximum atomic E-state index is 14.4. The number of H-pyrrole nitrogens is 1. The number of halogens is 3. The highest BCUT2D eigenvalue weighted by Crippen LogP contribution is 2.45. The standard InChI is InChI=1S/C28H24F3N5O3/c1-3-21(37)36-27(14-28(30,31)15-27)10-7-16-13-32-11-8-17(16)23-24(22-19(34-23)9-12-33-26(22)38)35-20-6-4-5-18(29)25(20)39-2/h3-6,8,11,13,34-35H,1,9,12,14-15H2,2H3,(H,33,38)(H,36,37). The maximum Gasteiger partial charge on any atom is 0.255 e.